The first-order valence-electron chi connectivity index (χ1n) is 0.500. The monoisotopic (exact) mass is 77.1 g/mol. The smallest absolute Gasteiger partial charge is 0.0184 e. The van der Waals surface area contributed by atoms with Crippen LogP contribution in [0.15, 0.2) is 0 Å². The Balaban J connectivity index is -0.00000000500. The first-order valence-corrected chi connectivity index (χ1v) is 1.50. The van der Waals surface area contributed by atoms with E-state index in [2.05, 4.69) is 10.2 Å². The maximum Gasteiger partial charge on any atom is 0.0184 e. The molecule has 0 bridgehead atoms. The molecule has 0 unspecified atom stereocenters. The van der Waals surface area contributed by atoms with Gasteiger partial charge in [-0.1, -0.05) is 6.55 Å². The lowest BCUT2D eigenvalue weighted by Gasteiger charge is -1.03. The van der Waals surface area contributed by atoms with Crippen LogP contribution in [0.1, 0.15) is 0 Å². The molecule has 0 saturated heterocycles. The summed E-state index contributed by atoms with van der Waals surface area (Å²) in [6, 6.07) is 0. The molecule has 0 heterocycles. The first-order chi connectivity index (χ1) is 1.00. The lowest BCUT2D eigenvalue weighted by Crippen LogP contribution is -1.13. The topological polar surface area (TPSA) is 70.0 Å². The van der Waals surface area contributed by atoms with E-state index in [0.29, 0.717) is 0 Å². The van der Waals surface area contributed by atoms with Gasteiger partial charge < -0.3 is 12.3 Å². The highest BCUT2D eigenvalue weighted by molar-refractivity contribution is 6.05. The molecule has 0 aliphatic heterocycles. The van der Waals surface area contributed by atoms with Crippen LogP contribution < -0.4 is 12.3 Å². The molecule has 0 aromatic rings. The molecule has 2 nitrogen and oxygen atoms in total. The van der Waals surface area contributed by atoms with Gasteiger partial charge in [0.15, 0.2) is 0 Å². The molecule has 6 N–H and O–H groups in total. The molecule has 0 aliphatic rings. The molecule has 0 spiro atoms. The molecular formula is CH9N2Si. The van der Waals surface area contributed by atoms with Crippen molar-refractivity contribution in [2.75, 3.05) is 0 Å². The highest BCUT2D eigenvalue weighted by atomic mass is 28.1. The van der Waals surface area contributed by atoms with Crippen molar-refractivity contribution in [2.24, 2.45) is 0 Å². The predicted molar refractivity (Wildman–Crippen MR) is 21.7 cm³/mol. The lowest BCUT2D eigenvalue weighted by molar-refractivity contribution is 2.13. The van der Waals surface area contributed by atoms with Gasteiger partial charge in [-0.05, 0) is 0 Å². The maximum absolute atomic E-state index is 2.97. The van der Waals surface area contributed by atoms with Crippen molar-refractivity contribution in [1.82, 2.24) is 12.3 Å². The Labute approximate surface area is 30.2 Å². The van der Waals surface area contributed by atoms with Crippen LogP contribution in [-0.2, 0) is 0 Å². The summed E-state index contributed by atoms with van der Waals surface area (Å²) in [7, 11) is 2.97. The summed E-state index contributed by atoms with van der Waals surface area (Å²) in [5.41, 5.74) is 0. The Morgan fingerprint density at radius 1 is 1.00 bits per heavy atom. The molecule has 0 atom stereocenters. The fraction of sp³-hybridized carbons (Fsp3) is 1.00. The van der Waals surface area contributed by atoms with Crippen LogP contribution in [0, 0.1) is 0 Å². The second-order valence-corrected chi connectivity index (χ2v) is 0. The average molecular weight is 77.2 g/mol. The van der Waals surface area contributed by atoms with E-state index in [4.69, 9.17) is 0 Å². The Morgan fingerprint density at radius 3 is 1.00 bits per heavy atom. The highest BCUT2D eigenvalue weighted by Crippen LogP contribution is 0.960. The largest absolute Gasteiger partial charge is 0.344 e. The SMILES string of the molecule is C[Si].N.N. The molecule has 0 fully saturated rings. The third-order valence-corrected chi connectivity index (χ3v) is 0. The van der Waals surface area contributed by atoms with Gasteiger partial charge >= 0.3 is 0 Å². The van der Waals surface area contributed by atoms with Crippen molar-refractivity contribution in [3.63, 3.8) is 0 Å². The third-order valence-electron chi connectivity index (χ3n) is 0. The van der Waals surface area contributed by atoms with Crippen molar-refractivity contribution in [3.8, 4) is 0 Å². The average Bonchev–Trinajstić information content (AvgIpc) is 1.00. The van der Waals surface area contributed by atoms with Gasteiger partial charge in [-0.2, -0.15) is 0 Å². The summed E-state index contributed by atoms with van der Waals surface area (Å²) in [4.78, 5) is 0. The van der Waals surface area contributed by atoms with Gasteiger partial charge in [-0.25, -0.2) is 0 Å². The van der Waals surface area contributed by atoms with Crippen LogP contribution >= 0.6 is 0 Å². The zero-order valence-electron chi connectivity index (χ0n) is 2.91. The summed E-state index contributed by atoms with van der Waals surface area (Å²) in [6.45, 7) is 1.81. The van der Waals surface area contributed by atoms with Crippen molar-refractivity contribution < 1.29 is 0 Å². The van der Waals surface area contributed by atoms with Crippen molar-refractivity contribution >= 4 is 10.2 Å². The minimum absolute atomic E-state index is 0. The first kappa shape index (κ1) is 31.5. The predicted octanol–water partition coefficient (Wildman–Crippen LogP) is 0.527. The molecule has 0 aliphatic carbocycles. The van der Waals surface area contributed by atoms with E-state index in [-0.39, 0.29) is 12.3 Å². The Morgan fingerprint density at radius 2 is 1.00 bits per heavy atom. The Kier molecular flexibility index (Phi) is 6020. The van der Waals surface area contributed by atoms with Crippen molar-refractivity contribution in [3.05, 3.63) is 0 Å². The quantitative estimate of drug-likeness (QED) is 0.414. The Hall–Kier alpha value is 0.137. The fourth-order valence-electron chi connectivity index (χ4n) is 0. The standard InChI is InChI=1S/CH3Si.2H3N/c1-2;;/h1H3;2*1H3. The Bertz CT molecular complexity index is 6.00. The van der Waals surface area contributed by atoms with Crippen LogP contribution in [0.3, 0.4) is 0 Å². The lowest BCUT2D eigenvalue weighted by atomic mass is 11.9. The zero-order chi connectivity index (χ0) is 2.00. The second-order valence-electron chi connectivity index (χ2n) is 0. The van der Waals surface area contributed by atoms with Gasteiger partial charge in [0.05, 0.1) is 0 Å². The van der Waals surface area contributed by atoms with Crippen LogP contribution in [0.25, 0.3) is 0 Å². The molecule has 3 radical (unpaired) electrons. The van der Waals surface area contributed by atoms with Crippen LogP contribution in [0.5, 0.6) is 0 Å². The van der Waals surface area contributed by atoms with Crippen LogP contribution in [0.2, 0.25) is 6.55 Å². The molecule has 0 amide bonds. The zero-order valence-corrected chi connectivity index (χ0v) is 3.91. The molecule has 0 aromatic carbocycles. The van der Waals surface area contributed by atoms with Gasteiger partial charge in [-0.3, -0.25) is 0 Å². The van der Waals surface area contributed by atoms with Crippen molar-refractivity contribution in [1.29, 1.82) is 0 Å². The summed E-state index contributed by atoms with van der Waals surface area (Å²) in [5.74, 6) is 0. The third kappa shape index (κ3) is 147. The van der Waals surface area contributed by atoms with Crippen LogP contribution in [-0.4, -0.2) is 10.2 Å². The minimum atomic E-state index is 0. The van der Waals surface area contributed by atoms with Gasteiger partial charge in [0.25, 0.3) is 0 Å². The van der Waals surface area contributed by atoms with E-state index in [9.17, 15) is 0 Å². The molecule has 0 aromatic heterocycles. The van der Waals surface area contributed by atoms with E-state index in [1.807, 2.05) is 0 Å². The van der Waals surface area contributed by atoms with E-state index in [1.165, 1.54) is 0 Å². The molecule has 4 heavy (non-hydrogen) atoms. The molecular weight excluding hydrogens is 68.1 g/mol. The highest BCUT2D eigenvalue weighted by Gasteiger charge is 0.972. The van der Waals surface area contributed by atoms with Crippen molar-refractivity contribution in [2.45, 2.75) is 6.55 Å². The van der Waals surface area contributed by atoms with E-state index in [0.717, 1.165) is 0 Å². The number of hydrogen-bond donors (Lipinski definition) is 2. The van der Waals surface area contributed by atoms with Gasteiger partial charge in [0.2, 0.25) is 0 Å². The molecule has 0 rings (SSSR count). The summed E-state index contributed by atoms with van der Waals surface area (Å²) in [5, 5.41) is 0. The fourth-order valence-corrected chi connectivity index (χ4v) is 0. The second kappa shape index (κ2) is 764. The minimum Gasteiger partial charge on any atom is -0.344 e. The van der Waals surface area contributed by atoms with Gasteiger partial charge in [0.1, 0.15) is 0 Å². The van der Waals surface area contributed by atoms with E-state index >= 15 is 0 Å². The van der Waals surface area contributed by atoms with Gasteiger partial charge in [-0.15, -0.1) is 0 Å². The maximum atomic E-state index is 2.97. The molecule has 27 valence electrons. The number of rotatable bonds is 0. The summed E-state index contributed by atoms with van der Waals surface area (Å²) < 4.78 is 0. The van der Waals surface area contributed by atoms with Crippen LogP contribution in [0.4, 0.5) is 0 Å². The number of hydrogen-bond acceptors (Lipinski definition) is 2. The molecule has 3 heteroatoms. The van der Waals surface area contributed by atoms with Gasteiger partial charge in [0, 0.05) is 10.2 Å². The summed E-state index contributed by atoms with van der Waals surface area (Å²) >= 11 is 0. The van der Waals surface area contributed by atoms with E-state index in [1.54, 1.807) is 6.55 Å². The summed E-state index contributed by atoms with van der Waals surface area (Å²) in [6.07, 6.45) is 0. The molecule has 0 saturated carbocycles. The normalized spacial score (nSPS) is 1.50. The van der Waals surface area contributed by atoms with E-state index < -0.39 is 0 Å².